The number of benzene rings is 1. The number of nitrogens with zero attached hydrogens (tertiary/aromatic N) is 2. The molecule has 2 rings (SSSR count). The van der Waals surface area contributed by atoms with E-state index in [9.17, 15) is 8.78 Å². The van der Waals surface area contributed by atoms with E-state index in [0.29, 0.717) is 5.56 Å². The average molecular weight is 429 g/mol. The smallest absolute Gasteiger partial charge is 0.331 e. The van der Waals surface area contributed by atoms with Crippen LogP contribution < -0.4 is 0 Å². The Bertz CT molecular complexity index is 556. The summed E-state index contributed by atoms with van der Waals surface area (Å²) in [5, 5.41) is 4.30. The molecule has 0 radical (unpaired) electrons. The Morgan fingerprint density at radius 2 is 2.00 bits per heavy atom. The maximum Gasteiger partial charge on any atom is 0.367 e. The molecule has 0 amide bonds. The van der Waals surface area contributed by atoms with Gasteiger partial charge in [0.1, 0.15) is 0 Å². The molecule has 1 heterocycles. The first kappa shape index (κ1) is 13.7. The molecule has 0 N–H and O–H groups in total. The monoisotopic (exact) mass is 428 g/mol. The molecule has 0 fully saturated rings. The van der Waals surface area contributed by atoms with Gasteiger partial charge in [-0.2, -0.15) is 13.8 Å². The quantitative estimate of drug-likeness (QED) is 0.544. The SMILES string of the molecule is C=IC(F)(F)c1nc(-c2ccc(CBr)cc2)no1. The fraction of sp³-hybridized carbons (Fsp3) is 0.182. The van der Waals surface area contributed by atoms with Gasteiger partial charge in [0.05, 0.1) is 0 Å². The molecule has 0 aliphatic carbocycles. The highest BCUT2D eigenvalue weighted by Gasteiger charge is 2.35. The second kappa shape index (κ2) is 5.52. The first-order valence-corrected chi connectivity index (χ1v) is 8.56. The topological polar surface area (TPSA) is 38.9 Å². The minimum atomic E-state index is -3.07. The van der Waals surface area contributed by atoms with Crippen LogP contribution in [-0.2, 0) is 9.26 Å². The molecular formula is C11H8BrF2IN2O. The Morgan fingerprint density at radius 1 is 1.33 bits per heavy atom. The Balaban J connectivity index is 2.31. The number of aromatic nitrogens is 2. The summed E-state index contributed by atoms with van der Waals surface area (Å²) in [7, 11) is 0. The van der Waals surface area contributed by atoms with Gasteiger partial charge < -0.3 is 4.52 Å². The molecule has 3 nitrogen and oxygen atoms in total. The van der Waals surface area contributed by atoms with Crippen LogP contribution in [0.5, 0.6) is 0 Å². The van der Waals surface area contributed by atoms with Crippen molar-refractivity contribution in [3.8, 4) is 11.4 Å². The molecule has 0 aliphatic heterocycles. The summed E-state index contributed by atoms with van der Waals surface area (Å²) in [6.45, 7) is 0. The van der Waals surface area contributed by atoms with Gasteiger partial charge in [-0.05, 0) is 26.3 Å². The molecule has 1 aromatic carbocycles. The van der Waals surface area contributed by atoms with Gasteiger partial charge in [0.25, 0.3) is 0 Å². The van der Waals surface area contributed by atoms with Gasteiger partial charge in [0.2, 0.25) is 5.82 Å². The Hall–Kier alpha value is -0.700. The standard InChI is InChI=1S/C11H8BrF2IN2O/c1-15-11(13,14)10-16-9(17-18-10)8-4-2-7(6-12)3-5-8/h2-5H,1,6H2. The molecule has 0 bridgehead atoms. The predicted octanol–water partition coefficient (Wildman–Crippen LogP) is 4.08. The van der Waals surface area contributed by atoms with Crippen LogP contribution in [0, 0.1) is 0 Å². The van der Waals surface area contributed by atoms with E-state index in [1.165, 1.54) is 0 Å². The van der Waals surface area contributed by atoms with Crippen LogP contribution >= 0.6 is 36.7 Å². The van der Waals surface area contributed by atoms with Gasteiger partial charge in [-0.1, -0.05) is 49.9 Å². The minimum Gasteiger partial charge on any atom is -0.331 e. The predicted molar refractivity (Wildman–Crippen MR) is 77.4 cm³/mol. The zero-order valence-electron chi connectivity index (χ0n) is 9.04. The van der Waals surface area contributed by atoms with Crippen LogP contribution in [0.15, 0.2) is 28.8 Å². The molecule has 2 aromatic rings. The molecule has 0 aliphatic rings. The van der Waals surface area contributed by atoms with Crippen molar-refractivity contribution >= 4 is 41.2 Å². The lowest BCUT2D eigenvalue weighted by molar-refractivity contribution is 0.0841. The fourth-order valence-electron chi connectivity index (χ4n) is 1.26. The van der Waals surface area contributed by atoms with Gasteiger partial charge in [0, 0.05) is 10.9 Å². The van der Waals surface area contributed by atoms with Crippen molar-refractivity contribution in [2.24, 2.45) is 0 Å². The maximum atomic E-state index is 13.3. The Labute approximate surface area is 120 Å². The van der Waals surface area contributed by atoms with Gasteiger partial charge in [-0.15, -0.1) is 0 Å². The number of rotatable bonds is 4. The van der Waals surface area contributed by atoms with Crippen LogP contribution in [0.25, 0.3) is 11.4 Å². The normalized spacial score (nSPS) is 11.7. The van der Waals surface area contributed by atoms with E-state index in [1.807, 2.05) is 12.1 Å². The highest BCUT2D eigenvalue weighted by atomic mass is 127. The molecule has 1 aromatic heterocycles. The lowest BCUT2D eigenvalue weighted by atomic mass is 10.1. The van der Waals surface area contributed by atoms with Crippen LogP contribution in [-0.4, -0.2) is 14.7 Å². The zero-order chi connectivity index (χ0) is 13.2. The van der Waals surface area contributed by atoms with Crippen molar-refractivity contribution in [3.63, 3.8) is 0 Å². The fourth-order valence-corrected chi connectivity index (χ4v) is 2.18. The lowest BCUT2D eigenvalue weighted by Crippen LogP contribution is -2.03. The molecule has 0 atom stereocenters. The van der Waals surface area contributed by atoms with Crippen molar-refractivity contribution in [3.05, 3.63) is 35.7 Å². The molecule has 0 saturated carbocycles. The van der Waals surface area contributed by atoms with Crippen molar-refractivity contribution in [2.45, 2.75) is 9.26 Å². The van der Waals surface area contributed by atoms with Crippen molar-refractivity contribution in [2.75, 3.05) is 0 Å². The third-order valence-corrected chi connectivity index (χ3v) is 4.27. The van der Waals surface area contributed by atoms with Crippen molar-refractivity contribution in [1.29, 1.82) is 0 Å². The van der Waals surface area contributed by atoms with Gasteiger partial charge in [-0.25, -0.2) is 0 Å². The van der Waals surface area contributed by atoms with E-state index in [4.69, 9.17) is 0 Å². The maximum absolute atomic E-state index is 13.3. The molecular weight excluding hydrogens is 421 g/mol. The summed E-state index contributed by atoms with van der Waals surface area (Å²) in [4.78, 5) is 3.73. The highest BCUT2D eigenvalue weighted by molar-refractivity contribution is 14.2. The first-order chi connectivity index (χ1) is 8.56. The lowest BCUT2D eigenvalue weighted by Gasteiger charge is -2.02. The average Bonchev–Trinajstić information content (AvgIpc) is 2.89. The van der Waals surface area contributed by atoms with Crippen molar-refractivity contribution in [1.82, 2.24) is 10.1 Å². The highest BCUT2D eigenvalue weighted by Crippen LogP contribution is 2.38. The van der Waals surface area contributed by atoms with Gasteiger partial charge in [-0.3, -0.25) is 0 Å². The second-order valence-electron chi connectivity index (χ2n) is 3.39. The molecule has 0 unspecified atom stereocenters. The number of hydrogen-bond donors (Lipinski definition) is 0. The van der Waals surface area contributed by atoms with E-state index in [-0.39, 0.29) is 5.82 Å². The molecule has 96 valence electrons. The summed E-state index contributed by atoms with van der Waals surface area (Å²) in [5.41, 5.74) is 1.73. The largest absolute Gasteiger partial charge is 0.367 e. The third kappa shape index (κ3) is 2.82. The summed E-state index contributed by atoms with van der Waals surface area (Å²) in [6.07, 6.45) is 0. The van der Waals surface area contributed by atoms with E-state index < -0.39 is 30.6 Å². The molecule has 7 heteroatoms. The van der Waals surface area contributed by atoms with E-state index in [0.717, 1.165) is 10.9 Å². The second-order valence-corrected chi connectivity index (χ2v) is 6.06. The van der Waals surface area contributed by atoms with E-state index >= 15 is 0 Å². The molecule has 18 heavy (non-hydrogen) atoms. The van der Waals surface area contributed by atoms with E-state index in [1.54, 1.807) is 12.1 Å². The zero-order valence-corrected chi connectivity index (χ0v) is 12.8. The van der Waals surface area contributed by atoms with Gasteiger partial charge >= 0.3 is 9.82 Å². The Kier molecular flexibility index (Phi) is 4.21. The first-order valence-electron chi connectivity index (χ1n) is 4.83. The summed E-state index contributed by atoms with van der Waals surface area (Å²) >= 11 is 1.76. The molecule has 0 saturated heterocycles. The van der Waals surface area contributed by atoms with Crippen LogP contribution in [0.3, 0.4) is 0 Å². The van der Waals surface area contributed by atoms with Crippen LogP contribution in [0.2, 0.25) is 0 Å². The summed E-state index contributed by atoms with van der Waals surface area (Å²) < 4.78 is 31.4. The minimum absolute atomic E-state index is 0.170. The molecule has 0 spiro atoms. The number of hydrogen-bond acceptors (Lipinski definition) is 3. The Morgan fingerprint density at radius 3 is 2.56 bits per heavy atom. The number of halogens is 4. The number of alkyl halides is 4. The third-order valence-electron chi connectivity index (χ3n) is 2.20. The van der Waals surface area contributed by atoms with Gasteiger partial charge in [0.15, 0.2) is 0 Å². The summed E-state index contributed by atoms with van der Waals surface area (Å²) in [5.74, 6) is -0.479. The van der Waals surface area contributed by atoms with Crippen molar-refractivity contribution < 1.29 is 13.3 Å². The van der Waals surface area contributed by atoms with Crippen LogP contribution in [0.4, 0.5) is 8.78 Å². The summed E-state index contributed by atoms with van der Waals surface area (Å²) in [6, 6.07) is 7.27. The van der Waals surface area contributed by atoms with E-state index in [2.05, 4.69) is 35.1 Å². The van der Waals surface area contributed by atoms with Crippen LogP contribution in [0.1, 0.15) is 11.5 Å².